The van der Waals surface area contributed by atoms with Crippen LogP contribution in [0, 0.1) is 6.92 Å². The van der Waals surface area contributed by atoms with Crippen LogP contribution in [0.3, 0.4) is 0 Å². The van der Waals surface area contributed by atoms with Gasteiger partial charge in [0.25, 0.3) is 0 Å². The number of fused-ring (bicyclic) bond motifs is 1. The molecule has 1 fully saturated rings. The highest BCUT2D eigenvalue weighted by Crippen LogP contribution is 2.30. The number of aromatic amines is 1. The molecule has 1 aromatic heterocycles. The third-order valence-electron chi connectivity index (χ3n) is 4.17. The molecule has 4 nitrogen and oxygen atoms in total. The number of amides is 1. The molecule has 1 aliphatic carbocycles. The van der Waals surface area contributed by atoms with Crippen LogP contribution in [0.25, 0.3) is 10.9 Å². The van der Waals surface area contributed by atoms with Crippen molar-refractivity contribution in [3.8, 4) is 0 Å². The number of hydrogen-bond donors (Lipinski definition) is 3. The molecule has 3 rings (SSSR count). The van der Waals surface area contributed by atoms with Gasteiger partial charge in [-0.25, -0.2) is 0 Å². The van der Waals surface area contributed by atoms with Gasteiger partial charge in [0.05, 0.1) is 12.0 Å². The van der Waals surface area contributed by atoms with Gasteiger partial charge in [0, 0.05) is 23.6 Å². The first-order valence-corrected chi connectivity index (χ1v) is 7.11. The molecule has 2 aromatic rings. The lowest BCUT2D eigenvalue weighted by atomic mass is 9.80. The van der Waals surface area contributed by atoms with Crippen LogP contribution in [0.4, 0.5) is 0 Å². The van der Waals surface area contributed by atoms with E-state index in [0.717, 1.165) is 35.7 Å². The Morgan fingerprint density at radius 3 is 2.95 bits per heavy atom. The molecule has 0 unspecified atom stereocenters. The minimum absolute atomic E-state index is 0.0354. The van der Waals surface area contributed by atoms with Gasteiger partial charge in [0.2, 0.25) is 5.91 Å². The lowest BCUT2D eigenvalue weighted by Gasteiger charge is -2.36. The minimum Gasteiger partial charge on any atom is -0.388 e. The zero-order chi connectivity index (χ0) is 14.2. The van der Waals surface area contributed by atoms with E-state index < -0.39 is 5.60 Å². The monoisotopic (exact) mass is 272 g/mol. The summed E-state index contributed by atoms with van der Waals surface area (Å²) < 4.78 is 0. The SMILES string of the molecule is Cc1ccc2c(CC(=O)NCC3(O)CCC3)c[nH]c2c1. The van der Waals surface area contributed by atoms with Gasteiger partial charge in [0.15, 0.2) is 0 Å². The topological polar surface area (TPSA) is 65.1 Å². The number of nitrogens with one attached hydrogen (secondary N) is 2. The highest BCUT2D eigenvalue weighted by Gasteiger charge is 2.34. The largest absolute Gasteiger partial charge is 0.388 e. The zero-order valence-corrected chi connectivity index (χ0v) is 11.7. The van der Waals surface area contributed by atoms with Crippen molar-refractivity contribution in [1.82, 2.24) is 10.3 Å². The van der Waals surface area contributed by atoms with Gasteiger partial charge in [-0.05, 0) is 43.4 Å². The Morgan fingerprint density at radius 1 is 1.45 bits per heavy atom. The predicted octanol–water partition coefficient (Wildman–Crippen LogP) is 2.05. The average molecular weight is 272 g/mol. The number of aryl methyl sites for hydroxylation is 1. The molecule has 106 valence electrons. The van der Waals surface area contributed by atoms with E-state index in [0.29, 0.717) is 13.0 Å². The zero-order valence-electron chi connectivity index (χ0n) is 11.7. The molecule has 0 bridgehead atoms. The summed E-state index contributed by atoms with van der Waals surface area (Å²) in [5.74, 6) is -0.0354. The van der Waals surface area contributed by atoms with Crippen molar-refractivity contribution in [2.45, 2.75) is 38.2 Å². The molecule has 0 atom stereocenters. The van der Waals surface area contributed by atoms with E-state index in [1.54, 1.807) is 0 Å². The van der Waals surface area contributed by atoms with E-state index in [2.05, 4.69) is 22.4 Å². The Morgan fingerprint density at radius 2 is 2.25 bits per heavy atom. The summed E-state index contributed by atoms with van der Waals surface area (Å²) in [6.45, 7) is 2.42. The van der Waals surface area contributed by atoms with Gasteiger partial charge in [-0.1, -0.05) is 12.1 Å². The summed E-state index contributed by atoms with van der Waals surface area (Å²) in [4.78, 5) is 15.2. The second-order valence-electron chi connectivity index (χ2n) is 5.89. The molecule has 1 amide bonds. The fourth-order valence-electron chi connectivity index (χ4n) is 2.71. The van der Waals surface area contributed by atoms with Gasteiger partial charge >= 0.3 is 0 Å². The number of carbonyl (C=O) groups excluding carboxylic acids is 1. The van der Waals surface area contributed by atoms with Crippen LogP contribution in [0.15, 0.2) is 24.4 Å². The first-order chi connectivity index (χ1) is 9.56. The Hall–Kier alpha value is -1.81. The first kappa shape index (κ1) is 13.2. The van der Waals surface area contributed by atoms with Crippen LogP contribution in [-0.4, -0.2) is 28.1 Å². The highest BCUT2D eigenvalue weighted by molar-refractivity contribution is 5.89. The fraction of sp³-hybridized carbons (Fsp3) is 0.438. The second kappa shape index (κ2) is 4.94. The molecule has 1 saturated carbocycles. The molecule has 0 spiro atoms. The molecule has 1 heterocycles. The number of benzene rings is 1. The Kier molecular flexibility index (Phi) is 3.26. The maximum atomic E-state index is 12.0. The normalized spacial score (nSPS) is 16.9. The lowest BCUT2D eigenvalue weighted by Crippen LogP contribution is -2.48. The summed E-state index contributed by atoms with van der Waals surface area (Å²) in [6, 6.07) is 6.17. The number of hydrogen-bond acceptors (Lipinski definition) is 2. The Labute approximate surface area is 118 Å². The Bertz CT molecular complexity index is 641. The van der Waals surface area contributed by atoms with Crippen molar-refractivity contribution in [2.24, 2.45) is 0 Å². The second-order valence-corrected chi connectivity index (χ2v) is 5.89. The average Bonchev–Trinajstić information content (AvgIpc) is 2.76. The Balaban J connectivity index is 1.65. The molecule has 4 heteroatoms. The van der Waals surface area contributed by atoms with Crippen molar-refractivity contribution < 1.29 is 9.90 Å². The molecule has 3 N–H and O–H groups in total. The van der Waals surface area contributed by atoms with E-state index in [1.165, 1.54) is 5.56 Å². The van der Waals surface area contributed by atoms with Crippen LogP contribution in [0.1, 0.15) is 30.4 Å². The molecule has 0 saturated heterocycles. The van der Waals surface area contributed by atoms with Crippen LogP contribution in [0.5, 0.6) is 0 Å². The number of H-pyrrole nitrogens is 1. The van der Waals surface area contributed by atoms with Crippen molar-refractivity contribution in [3.63, 3.8) is 0 Å². The van der Waals surface area contributed by atoms with Gasteiger partial charge in [-0.2, -0.15) is 0 Å². The van der Waals surface area contributed by atoms with E-state index in [4.69, 9.17) is 0 Å². The van der Waals surface area contributed by atoms with E-state index in [1.807, 2.05) is 19.2 Å². The number of carbonyl (C=O) groups is 1. The first-order valence-electron chi connectivity index (χ1n) is 7.11. The lowest BCUT2D eigenvalue weighted by molar-refractivity contribution is -0.122. The summed E-state index contributed by atoms with van der Waals surface area (Å²) in [5, 5.41) is 13.9. The van der Waals surface area contributed by atoms with Gasteiger partial charge < -0.3 is 15.4 Å². The molecular formula is C16H20N2O2. The molecule has 20 heavy (non-hydrogen) atoms. The molecule has 1 aromatic carbocycles. The van der Waals surface area contributed by atoms with Crippen LogP contribution in [-0.2, 0) is 11.2 Å². The number of rotatable bonds is 4. The van der Waals surface area contributed by atoms with Crippen LogP contribution < -0.4 is 5.32 Å². The van der Waals surface area contributed by atoms with E-state index in [9.17, 15) is 9.90 Å². The van der Waals surface area contributed by atoms with Gasteiger partial charge in [0.1, 0.15) is 0 Å². The van der Waals surface area contributed by atoms with Crippen molar-refractivity contribution >= 4 is 16.8 Å². The predicted molar refractivity (Wildman–Crippen MR) is 78.6 cm³/mol. The minimum atomic E-state index is -0.660. The fourth-order valence-corrected chi connectivity index (χ4v) is 2.71. The highest BCUT2D eigenvalue weighted by atomic mass is 16.3. The van der Waals surface area contributed by atoms with Crippen LogP contribution >= 0.6 is 0 Å². The molecule has 0 aliphatic heterocycles. The van der Waals surface area contributed by atoms with Crippen molar-refractivity contribution in [3.05, 3.63) is 35.5 Å². The summed E-state index contributed by atoms with van der Waals surface area (Å²) >= 11 is 0. The maximum Gasteiger partial charge on any atom is 0.224 e. The van der Waals surface area contributed by atoms with Crippen molar-refractivity contribution in [1.29, 1.82) is 0 Å². The quantitative estimate of drug-likeness (QED) is 0.797. The number of aliphatic hydroxyl groups is 1. The third kappa shape index (κ3) is 2.56. The van der Waals surface area contributed by atoms with E-state index >= 15 is 0 Å². The van der Waals surface area contributed by atoms with Crippen molar-refractivity contribution in [2.75, 3.05) is 6.54 Å². The summed E-state index contributed by atoms with van der Waals surface area (Å²) in [7, 11) is 0. The van der Waals surface area contributed by atoms with E-state index in [-0.39, 0.29) is 5.91 Å². The molecular weight excluding hydrogens is 252 g/mol. The molecule has 0 radical (unpaired) electrons. The maximum absolute atomic E-state index is 12.0. The summed E-state index contributed by atoms with van der Waals surface area (Å²) in [6.07, 6.45) is 4.87. The standard InChI is InChI=1S/C16H20N2O2/c1-11-3-4-13-12(9-17-14(13)7-11)8-15(19)18-10-16(20)5-2-6-16/h3-4,7,9,17,20H,2,5-6,8,10H2,1H3,(H,18,19). The van der Waals surface area contributed by atoms with Gasteiger partial charge in [-0.15, -0.1) is 0 Å². The van der Waals surface area contributed by atoms with Crippen LogP contribution in [0.2, 0.25) is 0 Å². The number of aromatic nitrogens is 1. The molecule has 1 aliphatic rings. The smallest absolute Gasteiger partial charge is 0.224 e. The third-order valence-corrected chi connectivity index (χ3v) is 4.17. The van der Waals surface area contributed by atoms with Gasteiger partial charge in [-0.3, -0.25) is 4.79 Å². The summed E-state index contributed by atoms with van der Waals surface area (Å²) in [5.41, 5.74) is 2.60.